The summed E-state index contributed by atoms with van der Waals surface area (Å²) in [6.07, 6.45) is 0.679. The molecule has 134 valence electrons. The highest BCUT2D eigenvalue weighted by atomic mass is 16.4. The monoisotopic (exact) mass is 348 g/mol. The Morgan fingerprint density at radius 1 is 0.923 bits per heavy atom. The first-order valence-corrected chi connectivity index (χ1v) is 9.10. The summed E-state index contributed by atoms with van der Waals surface area (Å²) >= 11 is 0. The van der Waals surface area contributed by atoms with Crippen LogP contribution in [0.15, 0.2) is 65.1 Å². The van der Waals surface area contributed by atoms with Crippen molar-refractivity contribution in [2.75, 3.05) is 26.7 Å². The van der Waals surface area contributed by atoms with E-state index in [1.54, 1.807) is 0 Å². The fraction of sp³-hybridized carbons (Fsp3) is 0.333. The van der Waals surface area contributed by atoms with Gasteiger partial charge in [0.25, 0.3) is 0 Å². The second-order valence-corrected chi connectivity index (χ2v) is 6.91. The highest BCUT2D eigenvalue weighted by Crippen LogP contribution is 2.26. The van der Waals surface area contributed by atoms with Gasteiger partial charge in [0, 0.05) is 25.7 Å². The van der Waals surface area contributed by atoms with E-state index in [4.69, 9.17) is 4.42 Å². The lowest BCUT2D eigenvalue weighted by atomic mass is 10.0. The molecule has 1 aliphatic rings. The van der Waals surface area contributed by atoms with Crippen molar-refractivity contribution in [1.29, 1.82) is 0 Å². The summed E-state index contributed by atoms with van der Waals surface area (Å²) < 4.78 is 5.92. The van der Waals surface area contributed by atoms with E-state index in [-0.39, 0.29) is 0 Å². The highest BCUT2D eigenvalue weighted by molar-refractivity contribution is 5.20. The topological polar surface area (TPSA) is 45.4 Å². The van der Waals surface area contributed by atoms with Gasteiger partial charge in [0.1, 0.15) is 0 Å². The zero-order chi connectivity index (χ0) is 17.8. The van der Waals surface area contributed by atoms with Crippen LogP contribution in [0.3, 0.4) is 0 Å². The Bertz CT molecular complexity index is 818. The average molecular weight is 348 g/mol. The fourth-order valence-corrected chi connectivity index (χ4v) is 3.51. The standard InChI is InChI=1S/C21H24N4O/c1-24-12-13-25(19(15-24)18-10-6-3-7-11-18)16-21-23-22-20(26-21)14-17-8-4-2-5-9-17/h2-11,19H,12-16H2,1H3. The van der Waals surface area contributed by atoms with E-state index in [0.29, 0.717) is 30.8 Å². The van der Waals surface area contributed by atoms with Gasteiger partial charge in [-0.2, -0.15) is 0 Å². The molecule has 1 fully saturated rings. The molecule has 2 aromatic carbocycles. The first-order valence-electron chi connectivity index (χ1n) is 9.10. The third-order valence-corrected chi connectivity index (χ3v) is 4.92. The molecule has 5 heteroatoms. The molecule has 1 aliphatic heterocycles. The number of likely N-dealkylation sites (N-methyl/N-ethyl adjacent to an activating group) is 1. The van der Waals surface area contributed by atoms with Crippen LogP contribution < -0.4 is 0 Å². The first kappa shape index (κ1) is 16.9. The lowest BCUT2D eigenvalue weighted by Crippen LogP contribution is -2.46. The maximum Gasteiger partial charge on any atom is 0.230 e. The minimum absolute atomic E-state index is 0.347. The third kappa shape index (κ3) is 4.00. The Balaban J connectivity index is 1.47. The molecule has 1 atom stereocenters. The van der Waals surface area contributed by atoms with E-state index in [1.165, 1.54) is 11.1 Å². The first-order chi connectivity index (χ1) is 12.8. The molecule has 0 spiro atoms. The molecule has 1 saturated heterocycles. The van der Waals surface area contributed by atoms with Crippen LogP contribution in [0.2, 0.25) is 0 Å². The SMILES string of the molecule is CN1CCN(Cc2nnc(Cc3ccccc3)o2)C(c2ccccc2)C1. The van der Waals surface area contributed by atoms with Gasteiger partial charge < -0.3 is 9.32 Å². The van der Waals surface area contributed by atoms with Crippen LogP contribution in [0.1, 0.15) is 29.0 Å². The molecular weight excluding hydrogens is 324 g/mol. The van der Waals surface area contributed by atoms with Crippen molar-refractivity contribution in [2.45, 2.75) is 19.0 Å². The summed E-state index contributed by atoms with van der Waals surface area (Å²) in [5.74, 6) is 1.37. The summed E-state index contributed by atoms with van der Waals surface area (Å²) in [5, 5.41) is 8.52. The normalized spacial score (nSPS) is 18.9. The summed E-state index contributed by atoms with van der Waals surface area (Å²) in [4.78, 5) is 4.82. The van der Waals surface area contributed by atoms with Gasteiger partial charge in [-0.15, -0.1) is 10.2 Å². The Morgan fingerprint density at radius 2 is 1.62 bits per heavy atom. The van der Waals surface area contributed by atoms with Crippen LogP contribution in [-0.2, 0) is 13.0 Å². The lowest BCUT2D eigenvalue weighted by molar-refractivity contribution is 0.0754. The van der Waals surface area contributed by atoms with Crippen molar-refractivity contribution >= 4 is 0 Å². The molecule has 5 nitrogen and oxygen atoms in total. The Morgan fingerprint density at radius 3 is 2.38 bits per heavy atom. The molecule has 0 amide bonds. The van der Waals surface area contributed by atoms with Crippen molar-refractivity contribution in [3.63, 3.8) is 0 Å². The molecule has 2 heterocycles. The smallest absolute Gasteiger partial charge is 0.230 e. The predicted octanol–water partition coefficient (Wildman–Crippen LogP) is 3.15. The van der Waals surface area contributed by atoms with Gasteiger partial charge in [0.05, 0.1) is 13.0 Å². The van der Waals surface area contributed by atoms with Crippen LogP contribution in [-0.4, -0.2) is 46.7 Å². The highest BCUT2D eigenvalue weighted by Gasteiger charge is 2.27. The van der Waals surface area contributed by atoms with Crippen molar-refractivity contribution in [1.82, 2.24) is 20.0 Å². The van der Waals surface area contributed by atoms with Gasteiger partial charge in [-0.1, -0.05) is 60.7 Å². The van der Waals surface area contributed by atoms with Crippen LogP contribution >= 0.6 is 0 Å². The van der Waals surface area contributed by atoms with Crippen molar-refractivity contribution in [2.24, 2.45) is 0 Å². The average Bonchev–Trinajstić information content (AvgIpc) is 3.11. The van der Waals surface area contributed by atoms with Gasteiger partial charge in [-0.3, -0.25) is 4.90 Å². The predicted molar refractivity (Wildman–Crippen MR) is 101 cm³/mol. The van der Waals surface area contributed by atoms with Crippen LogP contribution in [0, 0.1) is 0 Å². The molecule has 0 aliphatic carbocycles. The number of hydrogen-bond acceptors (Lipinski definition) is 5. The number of piperazine rings is 1. The van der Waals surface area contributed by atoms with E-state index in [0.717, 1.165) is 19.6 Å². The maximum atomic E-state index is 5.92. The second-order valence-electron chi connectivity index (χ2n) is 6.91. The van der Waals surface area contributed by atoms with Gasteiger partial charge in [-0.05, 0) is 18.2 Å². The van der Waals surface area contributed by atoms with Crippen molar-refractivity contribution in [3.8, 4) is 0 Å². The number of benzene rings is 2. The minimum atomic E-state index is 0.347. The van der Waals surface area contributed by atoms with E-state index < -0.39 is 0 Å². The number of aromatic nitrogens is 2. The number of nitrogens with zero attached hydrogens (tertiary/aromatic N) is 4. The zero-order valence-electron chi connectivity index (χ0n) is 15.1. The minimum Gasteiger partial charge on any atom is -0.424 e. The van der Waals surface area contributed by atoms with E-state index in [2.05, 4.69) is 69.5 Å². The Labute approximate surface area is 154 Å². The second kappa shape index (κ2) is 7.81. The lowest BCUT2D eigenvalue weighted by Gasteiger charge is -2.39. The molecule has 1 aromatic heterocycles. The van der Waals surface area contributed by atoms with Crippen molar-refractivity contribution in [3.05, 3.63) is 83.6 Å². The molecule has 3 aromatic rings. The molecule has 4 rings (SSSR count). The van der Waals surface area contributed by atoms with Gasteiger partial charge in [0.15, 0.2) is 0 Å². The van der Waals surface area contributed by atoms with Crippen LogP contribution in [0.4, 0.5) is 0 Å². The van der Waals surface area contributed by atoms with Gasteiger partial charge in [0.2, 0.25) is 11.8 Å². The summed E-state index contributed by atoms with van der Waals surface area (Å²) in [5.41, 5.74) is 2.52. The zero-order valence-corrected chi connectivity index (χ0v) is 15.1. The van der Waals surface area contributed by atoms with Gasteiger partial charge in [-0.25, -0.2) is 0 Å². The Hall–Kier alpha value is -2.50. The summed E-state index contributed by atoms with van der Waals surface area (Å²) in [7, 11) is 2.18. The van der Waals surface area contributed by atoms with E-state index >= 15 is 0 Å². The van der Waals surface area contributed by atoms with Crippen LogP contribution in [0.25, 0.3) is 0 Å². The molecular formula is C21H24N4O. The number of hydrogen-bond donors (Lipinski definition) is 0. The summed E-state index contributed by atoms with van der Waals surface area (Å²) in [6, 6.07) is 21.2. The molecule has 26 heavy (non-hydrogen) atoms. The fourth-order valence-electron chi connectivity index (χ4n) is 3.51. The van der Waals surface area contributed by atoms with Crippen molar-refractivity contribution < 1.29 is 4.42 Å². The van der Waals surface area contributed by atoms with E-state index in [1.807, 2.05) is 18.2 Å². The maximum absolute atomic E-state index is 5.92. The van der Waals surface area contributed by atoms with Crippen LogP contribution in [0.5, 0.6) is 0 Å². The van der Waals surface area contributed by atoms with E-state index in [9.17, 15) is 0 Å². The third-order valence-electron chi connectivity index (χ3n) is 4.92. The van der Waals surface area contributed by atoms with Gasteiger partial charge >= 0.3 is 0 Å². The Kier molecular flexibility index (Phi) is 5.09. The largest absolute Gasteiger partial charge is 0.424 e. The molecule has 1 unspecified atom stereocenters. The molecule has 0 radical (unpaired) electrons. The molecule has 0 saturated carbocycles. The summed E-state index contributed by atoms with van der Waals surface area (Å²) in [6.45, 7) is 3.74. The molecule has 0 bridgehead atoms. The molecule has 0 N–H and O–H groups in total. The number of rotatable bonds is 5. The quantitative estimate of drug-likeness (QED) is 0.709.